The molecule has 0 radical (unpaired) electrons. The molecule has 0 heterocycles. The summed E-state index contributed by atoms with van der Waals surface area (Å²) in [7, 11) is -0.772. The van der Waals surface area contributed by atoms with Crippen LogP contribution in [0.25, 0.3) is 0 Å². The van der Waals surface area contributed by atoms with Gasteiger partial charge in [-0.05, 0) is 48.6 Å². The molecule has 1 unspecified atom stereocenters. The third-order valence-electron chi connectivity index (χ3n) is 6.88. The van der Waals surface area contributed by atoms with Gasteiger partial charge in [0.15, 0.2) is 0 Å². The first-order chi connectivity index (χ1) is 18.8. The predicted octanol–water partition coefficient (Wildman–Crippen LogP) is 5.67. The summed E-state index contributed by atoms with van der Waals surface area (Å²) in [6.07, 6.45) is -2.50. The van der Waals surface area contributed by atoms with Gasteiger partial charge in [-0.1, -0.05) is 114 Å². The highest BCUT2D eigenvalue weighted by Gasteiger charge is 2.37. The fourth-order valence-electron chi connectivity index (χ4n) is 4.57. The molecule has 0 aliphatic carbocycles. The number of primary amides is 1. The van der Waals surface area contributed by atoms with E-state index in [1.54, 1.807) is 0 Å². The summed E-state index contributed by atoms with van der Waals surface area (Å²) in [5, 5.41) is 16.9. The maximum atomic E-state index is 11.6. The fourth-order valence-corrected chi connectivity index (χ4v) is 7.10. The number of hydrogen-bond donors (Lipinski definition) is 3. The molecule has 3 aromatic rings. The Labute approximate surface area is 241 Å². The van der Waals surface area contributed by atoms with Crippen molar-refractivity contribution >= 4 is 24.6 Å². The Bertz CT molecular complexity index is 1150. The van der Waals surface area contributed by atoms with Crippen molar-refractivity contribution in [3.8, 4) is 5.75 Å². The zero-order valence-corrected chi connectivity index (χ0v) is 25.7. The number of ether oxygens (including phenoxy) is 2. The van der Waals surface area contributed by atoms with Crippen molar-refractivity contribution in [1.29, 1.82) is 0 Å². The first-order valence-corrected chi connectivity index (χ1v) is 15.3. The Morgan fingerprint density at radius 1 is 0.875 bits per heavy atom. The van der Waals surface area contributed by atoms with Crippen molar-refractivity contribution in [3.05, 3.63) is 90.5 Å². The van der Waals surface area contributed by atoms with Gasteiger partial charge in [-0.3, -0.25) is 5.32 Å². The van der Waals surface area contributed by atoms with Gasteiger partial charge in [0, 0.05) is 17.6 Å². The third-order valence-corrected chi connectivity index (χ3v) is 9.45. The second-order valence-corrected chi connectivity index (χ2v) is 14.6. The number of carbonyl (C=O) groups excluding carboxylic acids is 1. The summed E-state index contributed by atoms with van der Waals surface area (Å²) >= 11 is 0. The maximum absolute atomic E-state index is 11.6. The van der Waals surface area contributed by atoms with Crippen LogP contribution in [0.4, 0.5) is 4.79 Å². The topological polar surface area (TPSA) is 93.8 Å². The monoisotopic (exact) mass is 564 g/mol. The molecule has 1 amide bonds. The molecule has 3 rings (SSSR count). The molecule has 0 aliphatic heterocycles. The Morgan fingerprint density at radius 3 is 1.80 bits per heavy atom. The number of benzene rings is 3. The summed E-state index contributed by atoms with van der Waals surface area (Å²) < 4.78 is 12.0. The molecule has 4 N–H and O–H groups in total. The van der Waals surface area contributed by atoms with E-state index in [4.69, 9.17) is 15.2 Å². The maximum Gasteiger partial charge on any atom is 0.404 e. The number of nitrogens with one attached hydrogen (secondary N) is 1. The Morgan fingerprint density at radius 2 is 1.38 bits per heavy atom. The van der Waals surface area contributed by atoms with Crippen LogP contribution in [0.5, 0.6) is 5.75 Å². The minimum Gasteiger partial charge on any atom is -0.488 e. The molecule has 0 spiro atoms. The molecule has 7 heteroatoms. The molecular formula is C33H45N2O4P. The lowest BCUT2D eigenvalue weighted by molar-refractivity contribution is -0.0723. The number of rotatable bonds is 11. The van der Waals surface area contributed by atoms with Crippen LogP contribution >= 0.6 is 7.92 Å². The molecule has 0 aliphatic rings. The van der Waals surface area contributed by atoms with Gasteiger partial charge in [-0.25, -0.2) is 4.79 Å². The molecule has 0 aromatic heterocycles. The van der Waals surface area contributed by atoms with Crippen LogP contribution in [0.1, 0.15) is 54.0 Å². The number of aliphatic hydroxyl groups excluding tert-OH is 1. The van der Waals surface area contributed by atoms with E-state index in [9.17, 15) is 9.90 Å². The highest BCUT2D eigenvalue weighted by atomic mass is 31.1. The quantitative estimate of drug-likeness (QED) is 0.206. The second-order valence-electron chi connectivity index (χ2n) is 12.3. The Kier molecular flexibility index (Phi) is 10.8. The number of carbonyl (C=O) groups is 1. The molecule has 40 heavy (non-hydrogen) atoms. The molecule has 0 saturated heterocycles. The molecule has 0 fully saturated rings. The zero-order valence-electron chi connectivity index (χ0n) is 24.8. The van der Waals surface area contributed by atoms with Crippen molar-refractivity contribution in [2.75, 3.05) is 6.16 Å². The lowest BCUT2D eigenvalue weighted by atomic mass is 9.87. The molecule has 3 aromatic carbocycles. The molecular weight excluding hydrogens is 519 g/mol. The third kappa shape index (κ3) is 9.05. The minimum absolute atomic E-state index is 0.0359. The van der Waals surface area contributed by atoms with E-state index in [1.165, 1.54) is 16.2 Å². The number of aliphatic hydroxyl groups is 1. The number of amides is 1. The Balaban J connectivity index is 1.95. The molecule has 216 valence electrons. The van der Waals surface area contributed by atoms with Gasteiger partial charge in [0.2, 0.25) is 0 Å². The standard InChI is InChI=1S/C33H45N2O4P/c1-23(35-30(36)29(33(5,6)7)39-31(34)37)28(38-25-20-18-24(19-21-25)32(2,3)4)22-40(26-14-10-8-11-15-26)27-16-12-9-13-17-27/h8-21,23,28-30,35-36H,22H2,1-7H3,(H2,34,37)/t23-,28-,29?,30+/m0/s1. The summed E-state index contributed by atoms with van der Waals surface area (Å²) in [5.41, 5.74) is 6.06. The van der Waals surface area contributed by atoms with Crippen LogP contribution in [0.3, 0.4) is 0 Å². The average Bonchev–Trinajstić information content (AvgIpc) is 2.89. The van der Waals surface area contributed by atoms with Crippen LogP contribution in [0.15, 0.2) is 84.9 Å². The number of hydrogen-bond acceptors (Lipinski definition) is 5. The molecule has 0 saturated carbocycles. The van der Waals surface area contributed by atoms with Crippen molar-refractivity contribution < 1.29 is 19.4 Å². The summed E-state index contributed by atoms with van der Waals surface area (Å²) in [6.45, 7) is 14.2. The summed E-state index contributed by atoms with van der Waals surface area (Å²) in [5.74, 6) is 0.762. The van der Waals surface area contributed by atoms with Gasteiger partial charge in [0.25, 0.3) is 0 Å². The average molecular weight is 565 g/mol. The van der Waals surface area contributed by atoms with E-state index in [-0.39, 0.29) is 17.6 Å². The first-order valence-electron chi connectivity index (χ1n) is 13.8. The van der Waals surface area contributed by atoms with Gasteiger partial charge < -0.3 is 20.3 Å². The first kappa shape index (κ1) is 31.6. The van der Waals surface area contributed by atoms with Gasteiger partial charge in [-0.2, -0.15) is 0 Å². The van der Waals surface area contributed by atoms with Gasteiger partial charge >= 0.3 is 6.09 Å². The van der Waals surface area contributed by atoms with Crippen LogP contribution in [-0.4, -0.2) is 41.8 Å². The van der Waals surface area contributed by atoms with E-state index < -0.39 is 31.8 Å². The predicted molar refractivity (Wildman–Crippen MR) is 166 cm³/mol. The van der Waals surface area contributed by atoms with E-state index in [2.05, 4.69) is 86.8 Å². The fraction of sp³-hybridized carbons (Fsp3) is 0.424. The largest absolute Gasteiger partial charge is 0.488 e. The molecule has 0 bridgehead atoms. The van der Waals surface area contributed by atoms with Crippen LogP contribution in [0.2, 0.25) is 0 Å². The smallest absolute Gasteiger partial charge is 0.404 e. The van der Waals surface area contributed by atoms with Crippen molar-refractivity contribution in [3.63, 3.8) is 0 Å². The van der Waals surface area contributed by atoms with E-state index in [1.807, 2.05) is 52.0 Å². The lowest BCUT2D eigenvalue weighted by Crippen LogP contribution is -2.55. The van der Waals surface area contributed by atoms with Crippen molar-refractivity contribution in [2.45, 2.75) is 78.4 Å². The SMILES string of the molecule is C[C@H](N[C@H](O)C(OC(N)=O)C(C)(C)C)[C@H](CP(c1ccccc1)c1ccccc1)Oc1ccc(C(C)(C)C)cc1. The highest BCUT2D eigenvalue weighted by Crippen LogP contribution is 2.36. The van der Waals surface area contributed by atoms with Crippen molar-refractivity contribution in [1.82, 2.24) is 5.32 Å². The summed E-state index contributed by atoms with van der Waals surface area (Å²) in [6, 6.07) is 28.9. The summed E-state index contributed by atoms with van der Waals surface area (Å²) in [4.78, 5) is 11.6. The van der Waals surface area contributed by atoms with Crippen LogP contribution < -0.4 is 26.4 Å². The molecule has 6 nitrogen and oxygen atoms in total. The Hall–Kier alpha value is -2.92. The second kappa shape index (κ2) is 13.6. The molecule has 4 atom stereocenters. The van der Waals surface area contributed by atoms with Crippen molar-refractivity contribution in [2.24, 2.45) is 11.1 Å². The minimum atomic E-state index is -1.14. The van der Waals surface area contributed by atoms with E-state index >= 15 is 0 Å². The van der Waals surface area contributed by atoms with Gasteiger partial charge in [-0.15, -0.1) is 0 Å². The van der Waals surface area contributed by atoms with Crippen LogP contribution in [-0.2, 0) is 10.2 Å². The highest BCUT2D eigenvalue weighted by molar-refractivity contribution is 7.73. The normalized spacial score (nSPS) is 15.2. The van der Waals surface area contributed by atoms with E-state index in [0.29, 0.717) is 6.16 Å². The number of nitrogens with two attached hydrogens (primary N) is 1. The van der Waals surface area contributed by atoms with Crippen LogP contribution in [0, 0.1) is 5.41 Å². The van der Waals surface area contributed by atoms with Gasteiger partial charge in [0.1, 0.15) is 24.2 Å². The lowest BCUT2D eigenvalue weighted by Gasteiger charge is -2.37. The van der Waals surface area contributed by atoms with Gasteiger partial charge in [0.05, 0.1) is 0 Å². The zero-order chi connectivity index (χ0) is 29.5. The van der Waals surface area contributed by atoms with E-state index in [0.717, 1.165) is 5.75 Å².